The highest BCUT2D eigenvalue weighted by atomic mass is 16.5. The molecule has 0 amide bonds. The average Bonchev–Trinajstić information content (AvgIpc) is 3.10. The van der Waals surface area contributed by atoms with Gasteiger partial charge in [-0.15, -0.1) is 10.2 Å². The van der Waals surface area contributed by atoms with E-state index in [2.05, 4.69) is 42.0 Å². The highest BCUT2D eigenvalue weighted by Crippen LogP contribution is 2.27. The Labute approximate surface area is 145 Å². The summed E-state index contributed by atoms with van der Waals surface area (Å²) in [4.78, 5) is 13.3. The molecule has 3 aromatic heterocycles. The fraction of sp³-hybridized carbons (Fsp3) is 0.438. The van der Waals surface area contributed by atoms with Gasteiger partial charge in [0.15, 0.2) is 0 Å². The lowest BCUT2D eigenvalue weighted by Gasteiger charge is -2.36. The first-order chi connectivity index (χ1) is 12.2. The smallest absolute Gasteiger partial charge is 0.228 e. The van der Waals surface area contributed by atoms with Crippen LogP contribution in [0.3, 0.4) is 0 Å². The predicted octanol–water partition coefficient (Wildman–Crippen LogP) is 0.866. The number of hydrogen-bond acceptors (Lipinski definition) is 8. The summed E-state index contributed by atoms with van der Waals surface area (Å²) in [5.74, 6) is 1.28. The van der Waals surface area contributed by atoms with Gasteiger partial charge in [0.05, 0.1) is 18.5 Å². The van der Waals surface area contributed by atoms with Gasteiger partial charge in [-0.2, -0.15) is 14.6 Å². The zero-order valence-corrected chi connectivity index (χ0v) is 14.5. The highest BCUT2D eigenvalue weighted by Gasteiger charge is 2.24. The van der Waals surface area contributed by atoms with Gasteiger partial charge in [-0.25, -0.2) is 4.98 Å². The van der Waals surface area contributed by atoms with Crippen LogP contribution in [0, 0.1) is 13.8 Å². The van der Waals surface area contributed by atoms with E-state index < -0.39 is 0 Å². The molecule has 130 valence electrons. The number of fused-ring (bicyclic) bond motifs is 1. The van der Waals surface area contributed by atoms with Crippen LogP contribution in [0.5, 0.6) is 5.88 Å². The summed E-state index contributed by atoms with van der Waals surface area (Å²) < 4.78 is 6.94. The molecule has 1 aliphatic rings. The first-order valence-corrected chi connectivity index (χ1v) is 8.21. The van der Waals surface area contributed by atoms with Crippen molar-refractivity contribution in [3.63, 3.8) is 0 Å². The van der Waals surface area contributed by atoms with Gasteiger partial charge in [-0.05, 0) is 19.4 Å². The lowest BCUT2D eigenvalue weighted by atomic mass is 10.1. The normalized spacial score (nSPS) is 15.0. The van der Waals surface area contributed by atoms with Gasteiger partial charge in [-0.3, -0.25) is 0 Å². The molecular formula is C16H20N8O. The maximum atomic E-state index is 5.19. The Morgan fingerprint density at radius 3 is 2.60 bits per heavy atom. The number of aromatic nitrogens is 6. The van der Waals surface area contributed by atoms with Gasteiger partial charge in [-0.1, -0.05) is 0 Å². The van der Waals surface area contributed by atoms with E-state index in [-0.39, 0.29) is 0 Å². The molecule has 0 N–H and O–H groups in total. The van der Waals surface area contributed by atoms with E-state index >= 15 is 0 Å². The molecule has 1 fully saturated rings. The molecule has 0 radical (unpaired) electrons. The molecule has 0 spiro atoms. The predicted molar refractivity (Wildman–Crippen MR) is 93.3 cm³/mol. The van der Waals surface area contributed by atoms with E-state index in [4.69, 9.17) is 4.74 Å². The third-order valence-corrected chi connectivity index (χ3v) is 4.60. The molecule has 0 bridgehead atoms. The Bertz CT molecular complexity index is 900. The Morgan fingerprint density at radius 2 is 1.84 bits per heavy atom. The van der Waals surface area contributed by atoms with Crippen LogP contribution in [-0.2, 0) is 0 Å². The summed E-state index contributed by atoms with van der Waals surface area (Å²) in [6.07, 6.45) is 3.37. The number of aryl methyl sites for hydroxylation is 1. The minimum absolute atomic E-state index is 0.582. The van der Waals surface area contributed by atoms with Gasteiger partial charge in [0.1, 0.15) is 6.33 Å². The summed E-state index contributed by atoms with van der Waals surface area (Å²) in [5, 5.41) is 12.7. The first kappa shape index (κ1) is 15.6. The zero-order valence-electron chi connectivity index (χ0n) is 14.5. The number of hydrogen-bond donors (Lipinski definition) is 0. The van der Waals surface area contributed by atoms with Crippen LogP contribution >= 0.6 is 0 Å². The van der Waals surface area contributed by atoms with Crippen LogP contribution in [0.25, 0.3) is 5.65 Å². The van der Waals surface area contributed by atoms with Crippen molar-refractivity contribution in [3.05, 3.63) is 29.8 Å². The average molecular weight is 340 g/mol. The highest BCUT2D eigenvalue weighted by molar-refractivity contribution is 5.73. The zero-order chi connectivity index (χ0) is 17.4. The Morgan fingerprint density at radius 1 is 1.08 bits per heavy atom. The molecule has 9 heteroatoms. The van der Waals surface area contributed by atoms with E-state index in [0.29, 0.717) is 11.8 Å². The fourth-order valence-electron chi connectivity index (χ4n) is 3.14. The van der Waals surface area contributed by atoms with E-state index in [0.717, 1.165) is 48.8 Å². The van der Waals surface area contributed by atoms with Crippen molar-refractivity contribution in [3.8, 4) is 5.88 Å². The molecule has 1 saturated heterocycles. The second-order valence-electron chi connectivity index (χ2n) is 6.03. The molecule has 0 atom stereocenters. The minimum atomic E-state index is 0.582. The second-order valence-corrected chi connectivity index (χ2v) is 6.03. The number of ether oxygens (including phenoxy) is 1. The largest absolute Gasteiger partial charge is 0.481 e. The SMILES string of the molecule is COc1ccnc(N2CCN(c3c(C)c(C)nn4cnnc34)CC2)n1. The molecule has 9 nitrogen and oxygen atoms in total. The third kappa shape index (κ3) is 2.71. The molecule has 0 aromatic carbocycles. The van der Waals surface area contributed by atoms with Crippen LogP contribution in [0.1, 0.15) is 11.3 Å². The number of rotatable bonds is 3. The maximum Gasteiger partial charge on any atom is 0.228 e. The minimum Gasteiger partial charge on any atom is -0.481 e. The van der Waals surface area contributed by atoms with Crippen molar-refractivity contribution in [2.24, 2.45) is 0 Å². The summed E-state index contributed by atoms with van der Waals surface area (Å²) in [6, 6.07) is 1.75. The molecule has 4 rings (SSSR count). The monoisotopic (exact) mass is 340 g/mol. The van der Waals surface area contributed by atoms with Crippen LogP contribution in [0.15, 0.2) is 18.6 Å². The molecule has 1 aliphatic heterocycles. The number of anilines is 2. The molecule has 0 aliphatic carbocycles. The molecule has 25 heavy (non-hydrogen) atoms. The Balaban J connectivity index is 1.58. The van der Waals surface area contributed by atoms with Gasteiger partial charge in [0.2, 0.25) is 17.5 Å². The van der Waals surface area contributed by atoms with E-state index in [1.54, 1.807) is 30.2 Å². The number of piperazine rings is 1. The molecule has 3 aromatic rings. The molecule has 4 heterocycles. The number of nitrogens with zero attached hydrogens (tertiary/aromatic N) is 8. The van der Waals surface area contributed by atoms with Gasteiger partial charge >= 0.3 is 0 Å². The van der Waals surface area contributed by atoms with E-state index in [1.807, 2.05) is 6.92 Å². The standard InChI is InChI=1S/C16H20N8O/c1-11-12(2)21-24-10-18-20-15(24)14(11)22-6-8-23(9-7-22)16-17-5-4-13(19-16)25-3/h4-5,10H,6-9H2,1-3H3. The summed E-state index contributed by atoms with van der Waals surface area (Å²) >= 11 is 0. The Kier molecular flexibility index (Phi) is 3.83. The van der Waals surface area contributed by atoms with Crippen molar-refractivity contribution >= 4 is 17.3 Å². The van der Waals surface area contributed by atoms with E-state index in [9.17, 15) is 0 Å². The van der Waals surface area contributed by atoms with Gasteiger partial charge in [0, 0.05) is 38.4 Å². The summed E-state index contributed by atoms with van der Waals surface area (Å²) in [6.45, 7) is 7.46. The van der Waals surface area contributed by atoms with Crippen LogP contribution in [0.4, 0.5) is 11.6 Å². The van der Waals surface area contributed by atoms with Crippen molar-refractivity contribution in [1.82, 2.24) is 29.8 Å². The van der Waals surface area contributed by atoms with Gasteiger partial charge < -0.3 is 14.5 Å². The maximum absolute atomic E-state index is 5.19. The summed E-state index contributed by atoms with van der Waals surface area (Å²) in [7, 11) is 1.61. The van der Waals surface area contributed by atoms with Crippen molar-refractivity contribution in [2.75, 3.05) is 43.1 Å². The van der Waals surface area contributed by atoms with Crippen LogP contribution in [-0.4, -0.2) is 63.1 Å². The lowest BCUT2D eigenvalue weighted by Crippen LogP contribution is -2.47. The Hall–Kier alpha value is -2.97. The molecule has 0 saturated carbocycles. The molecular weight excluding hydrogens is 320 g/mol. The van der Waals surface area contributed by atoms with Crippen molar-refractivity contribution < 1.29 is 4.74 Å². The fourth-order valence-corrected chi connectivity index (χ4v) is 3.14. The van der Waals surface area contributed by atoms with E-state index in [1.165, 1.54) is 0 Å². The quantitative estimate of drug-likeness (QED) is 0.694. The third-order valence-electron chi connectivity index (χ3n) is 4.60. The second kappa shape index (κ2) is 6.15. The lowest BCUT2D eigenvalue weighted by molar-refractivity contribution is 0.396. The topological polar surface area (TPSA) is 84.6 Å². The van der Waals surface area contributed by atoms with Crippen LogP contribution < -0.4 is 14.5 Å². The summed E-state index contributed by atoms with van der Waals surface area (Å²) in [5.41, 5.74) is 4.04. The van der Waals surface area contributed by atoms with Crippen LogP contribution in [0.2, 0.25) is 0 Å². The van der Waals surface area contributed by atoms with Gasteiger partial charge in [0.25, 0.3) is 0 Å². The number of methoxy groups -OCH3 is 1. The van der Waals surface area contributed by atoms with Crippen molar-refractivity contribution in [2.45, 2.75) is 13.8 Å². The van der Waals surface area contributed by atoms with Crippen molar-refractivity contribution in [1.29, 1.82) is 0 Å². The first-order valence-electron chi connectivity index (χ1n) is 8.21. The molecule has 0 unspecified atom stereocenters.